The summed E-state index contributed by atoms with van der Waals surface area (Å²) in [5, 5.41) is 5.73. The number of aromatic nitrogens is 5. The first-order chi connectivity index (χ1) is 42.0. The minimum Gasteiger partial charge on any atom is -0.457 e. The molecular weight excluding hydrogens is 943 g/mol. The highest BCUT2D eigenvalue weighted by atomic mass is 16.5. The van der Waals surface area contributed by atoms with Gasteiger partial charge in [-0.15, -0.1) is 0 Å². The number of benzene rings is 10. The molecule has 0 bridgehead atoms. The number of imidazole rings is 1. The minimum absolute atomic E-state index is 0.122. The van der Waals surface area contributed by atoms with E-state index in [1.165, 1.54) is 0 Å². The molecule has 0 aliphatic rings. The molecule has 0 aliphatic carbocycles. The molecule has 0 amide bonds. The van der Waals surface area contributed by atoms with E-state index in [0.717, 1.165) is 71.5 Å². The molecule has 15 aromatic rings. The molecule has 366 valence electrons. The van der Waals surface area contributed by atoms with Crippen molar-refractivity contribution in [1.29, 1.82) is 0 Å². The van der Waals surface area contributed by atoms with Crippen molar-refractivity contribution in [2.75, 3.05) is 0 Å². The normalized spacial score (nSPS) is 13.9. The van der Waals surface area contributed by atoms with Gasteiger partial charge in [-0.2, -0.15) is 0 Å². The smallest absolute Gasteiger partial charge is 0.269 e. The predicted octanol–water partition coefficient (Wildman–Crippen LogP) is 17.6. The molecular formula is C70H49N5O2. The third-order valence-electron chi connectivity index (χ3n) is 14.7. The highest BCUT2D eigenvalue weighted by Gasteiger charge is 2.25. The summed E-state index contributed by atoms with van der Waals surface area (Å²) in [6.45, 7) is 6.57. The van der Waals surface area contributed by atoms with E-state index in [2.05, 4.69) is 103 Å². The summed E-state index contributed by atoms with van der Waals surface area (Å²) in [4.78, 5) is 4.99. The fourth-order valence-corrected chi connectivity index (χ4v) is 11.1. The Labute approximate surface area is 458 Å². The summed E-state index contributed by atoms with van der Waals surface area (Å²) in [7, 11) is 0. The second kappa shape index (κ2) is 17.3. The van der Waals surface area contributed by atoms with Gasteiger partial charge in [-0.05, 0) is 106 Å². The van der Waals surface area contributed by atoms with Crippen molar-refractivity contribution in [1.82, 2.24) is 18.7 Å². The predicted molar refractivity (Wildman–Crippen MR) is 313 cm³/mol. The van der Waals surface area contributed by atoms with Crippen LogP contribution in [0.1, 0.15) is 40.0 Å². The first-order valence-electron chi connectivity index (χ1n) is 30.4. The molecule has 0 radical (unpaired) electrons. The van der Waals surface area contributed by atoms with Crippen LogP contribution in [0.15, 0.2) is 247 Å². The van der Waals surface area contributed by atoms with Crippen LogP contribution in [0.25, 0.3) is 122 Å². The molecule has 0 N–H and O–H groups in total. The van der Waals surface area contributed by atoms with Gasteiger partial charge in [-0.25, -0.2) is 4.98 Å². The van der Waals surface area contributed by atoms with Gasteiger partial charge in [0.2, 0.25) is 0 Å². The van der Waals surface area contributed by atoms with Gasteiger partial charge in [0, 0.05) is 44.6 Å². The van der Waals surface area contributed by atoms with Gasteiger partial charge in [0.25, 0.3) is 6.33 Å². The van der Waals surface area contributed by atoms with E-state index in [1.807, 2.05) is 102 Å². The first-order valence-corrected chi connectivity index (χ1v) is 25.4. The molecule has 5 heterocycles. The lowest BCUT2D eigenvalue weighted by Crippen LogP contribution is -2.31. The van der Waals surface area contributed by atoms with Gasteiger partial charge in [-0.1, -0.05) is 178 Å². The molecule has 5 aromatic heterocycles. The van der Waals surface area contributed by atoms with Crippen LogP contribution in [0, 0.1) is 6.33 Å². The lowest BCUT2D eigenvalue weighted by atomic mass is 9.88. The molecule has 10 aromatic carbocycles. The zero-order valence-corrected chi connectivity index (χ0v) is 41.9. The highest BCUT2D eigenvalue weighted by molar-refractivity contribution is 6.13. The molecule has 0 unspecified atom stereocenters. The van der Waals surface area contributed by atoms with E-state index in [-0.39, 0.29) is 33.4 Å². The van der Waals surface area contributed by atoms with E-state index in [4.69, 9.17) is 22.4 Å². The van der Waals surface area contributed by atoms with E-state index < -0.39 is 60.4 Å². The van der Waals surface area contributed by atoms with Crippen molar-refractivity contribution in [2.45, 2.75) is 26.2 Å². The van der Waals surface area contributed by atoms with E-state index in [9.17, 15) is 5.48 Å². The van der Waals surface area contributed by atoms with Gasteiger partial charge in [0.15, 0.2) is 5.75 Å². The zero-order chi connectivity index (χ0) is 60.1. The number of pyridine rings is 1. The lowest BCUT2D eigenvalue weighted by Gasteiger charge is -2.20. The van der Waals surface area contributed by atoms with E-state index in [0.29, 0.717) is 39.4 Å². The SMILES string of the molecule is [2H]c1c([2H])c([2H])c(-c2cccc(-c3c([2H])c([2H])c([2H])c([2H])c3[2H])c2-[n+]2[c-]n(-c3cccc(Oc4cc5c(cc4-n4c6ccccc6c6ccccc64)c4ccccc4n5-c4cc(C(C)(C)C)ccn4)c3)c3cc4oc5ccccc5c4cc32)c([2H])c1[2H]. The van der Waals surface area contributed by atoms with Crippen LogP contribution in [0.4, 0.5) is 0 Å². The standard InChI is InChI=1S/C70H49N5O2/c1-70(2,3)47-36-37-71-68(38-47)75-60-34-16-12-28-54(60)56-40-64(74-58-32-14-10-26-52(58)53-27-11-15-33-59(53)74)67(42-61(56)75)76-49-25-18-24-48(39-49)72-44-73(62-41-57-55-29-13-17-35-65(55)77-66(57)43-63(62)72)69-50(45-20-6-4-7-21-45)30-19-31-51(69)46-22-8-5-9-23-46/h4-43H,1-3H3/i4D,5D,6D,7D,8D,9D,20D,21D,22D,23D. The topological polar surface area (TPSA) is 53.9 Å². The summed E-state index contributed by atoms with van der Waals surface area (Å²) in [5.74, 6) is 1.75. The number of para-hydroxylation sites is 5. The monoisotopic (exact) mass is 1000 g/mol. The van der Waals surface area contributed by atoms with Gasteiger partial charge >= 0.3 is 0 Å². The third kappa shape index (κ3) is 7.19. The molecule has 0 fully saturated rings. The number of furan rings is 1. The number of hydrogen-bond acceptors (Lipinski definition) is 3. The van der Waals surface area contributed by atoms with Crippen LogP contribution in [-0.2, 0) is 5.41 Å². The quantitative estimate of drug-likeness (QED) is 0.113. The van der Waals surface area contributed by atoms with Crippen molar-refractivity contribution in [3.05, 3.63) is 254 Å². The van der Waals surface area contributed by atoms with Crippen molar-refractivity contribution in [3.63, 3.8) is 0 Å². The highest BCUT2D eigenvalue weighted by Crippen LogP contribution is 2.44. The molecule has 7 heteroatoms. The summed E-state index contributed by atoms with van der Waals surface area (Å²) in [5.41, 5.74) is 8.42. The fraction of sp³-hybridized carbons (Fsp3) is 0.0571. The Hall–Kier alpha value is -9.98. The van der Waals surface area contributed by atoms with Crippen LogP contribution >= 0.6 is 0 Å². The largest absolute Gasteiger partial charge is 0.457 e. The van der Waals surface area contributed by atoms with Gasteiger partial charge in [-0.3, -0.25) is 13.7 Å². The summed E-state index contributed by atoms with van der Waals surface area (Å²) < 4.78 is 111. The van der Waals surface area contributed by atoms with Crippen molar-refractivity contribution < 1.29 is 27.4 Å². The summed E-state index contributed by atoms with van der Waals surface area (Å²) in [6, 6.07) is 51.9. The summed E-state index contributed by atoms with van der Waals surface area (Å²) in [6.07, 6.45) is 5.44. The van der Waals surface area contributed by atoms with Crippen LogP contribution in [-0.4, -0.2) is 18.7 Å². The Balaban J connectivity index is 1.00. The Morgan fingerprint density at radius 3 is 1.81 bits per heavy atom. The Morgan fingerprint density at radius 1 is 0.519 bits per heavy atom. The number of ether oxygens (including phenoxy) is 1. The average Bonchev–Trinajstić information content (AvgIpc) is 1.81. The van der Waals surface area contributed by atoms with Gasteiger partial charge in [0.05, 0.1) is 63.9 Å². The Bertz CT molecular complexity index is 5260. The van der Waals surface area contributed by atoms with Gasteiger partial charge in [0.1, 0.15) is 22.7 Å². The van der Waals surface area contributed by atoms with Crippen molar-refractivity contribution >= 4 is 76.6 Å². The molecule has 0 saturated carbocycles. The van der Waals surface area contributed by atoms with E-state index >= 15 is 0 Å². The Kier molecular flexibility index (Phi) is 7.92. The molecule has 15 rings (SSSR count). The molecule has 0 atom stereocenters. The van der Waals surface area contributed by atoms with Crippen LogP contribution in [0.2, 0.25) is 0 Å². The third-order valence-corrected chi connectivity index (χ3v) is 14.7. The Morgan fingerprint density at radius 2 is 1.13 bits per heavy atom. The van der Waals surface area contributed by atoms with Crippen LogP contribution < -0.4 is 9.30 Å². The number of nitrogens with zero attached hydrogens (tertiary/aromatic N) is 5. The molecule has 0 spiro atoms. The maximum absolute atomic E-state index is 9.29. The van der Waals surface area contributed by atoms with Crippen LogP contribution in [0.5, 0.6) is 11.5 Å². The first kappa shape index (κ1) is 35.3. The molecule has 77 heavy (non-hydrogen) atoms. The number of hydrogen-bond donors (Lipinski definition) is 0. The van der Waals surface area contributed by atoms with E-state index in [1.54, 1.807) is 22.8 Å². The number of fused-ring (bicyclic) bond motifs is 10. The van der Waals surface area contributed by atoms with Gasteiger partial charge < -0.3 is 13.7 Å². The van der Waals surface area contributed by atoms with Crippen LogP contribution in [0.3, 0.4) is 0 Å². The van der Waals surface area contributed by atoms with Crippen molar-refractivity contribution in [2.24, 2.45) is 0 Å². The number of rotatable bonds is 8. The molecule has 7 nitrogen and oxygen atoms in total. The second-order valence-electron chi connectivity index (χ2n) is 20.2. The maximum Gasteiger partial charge on any atom is 0.269 e. The minimum atomic E-state index is -0.586. The molecule has 0 aliphatic heterocycles. The van der Waals surface area contributed by atoms with Crippen molar-refractivity contribution in [3.8, 4) is 56.6 Å². The fourth-order valence-electron chi connectivity index (χ4n) is 11.1. The zero-order valence-electron chi connectivity index (χ0n) is 51.9. The summed E-state index contributed by atoms with van der Waals surface area (Å²) >= 11 is 0. The average molecular weight is 1000 g/mol. The second-order valence-corrected chi connectivity index (χ2v) is 20.2. The molecule has 0 saturated heterocycles. The lowest BCUT2D eigenvalue weighted by molar-refractivity contribution is -0.571. The maximum atomic E-state index is 9.29.